The highest BCUT2D eigenvalue weighted by Gasteiger charge is 2.71. The number of likely N-dealkylation sites (tertiary alicyclic amines) is 1. The lowest BCUT2D eigenvalue weighted by molar-refractivity contribution is -0.128. The molecule has 2 aromatic carbocycles. The maximum absolute atomic E-state index is 15.2. The molecule has 0 aromatic heterocycles. The number of amides is 3. The van der Waals surface area contributed by atoms with Crippen LogP contribution in [0.5, 0.6) is 0 Å². The number of rotatable bonds is 5. The molecule has 9 heteroatoms. The summed E-state index contributed by atoms with van der Waals surface area (Å²) < 4.78 is 20.8. The van der Waals surface area contributed by atoms with Gasteiger partial charge in [-0.1, -0.05) is 25.1 Å². The topological polar surface area (TPSA) is 112 Å². The van der Waals surface area contributed by atoms with Crippen molar-refractivity contribution in [3.63, 3.8) is 0 Å². The Balaban J connectivity index is 1.16. The third kappa shape index (κ3) is 4.40. The van der Waals surface area contributed by atoms with Crippen LogP contribution >= 0.6 is 0 Å². The Morgan fingerprint density at radius 3 is 2.62 bits per heavy atom. The third-order valence-electron chi connectivity index (χ3n) is 8.98. The van der Waals surface area contributed by atoms with Gasteiger partial charge in [0.25, 0.3) is 5.91 Å². The zero-order chi connectivity index (χ0) is 28.5. The van der Waals surface area contributed by atoms with Crippen molar-refractivity contribution in [3.8, 4) is 17.2 Å². The molecule has 0 radical (unpaired) electrons. The van der Waals surface area contributed by atoms with Crippen LogP contribution in [0.1, 0.15) is 55.6 Å². The molecule has 4 aliphatic rings. The van der Waals surface area contributed by atoms with E-state index < -0.39 is 29.6 Å². The normalized spacial score (nSPS) is 28.3. The third-order valence-corrected chi connectivity index (χ3v) is 8.98. The average Bonchev–Trinajstić information content (AvgIpc) is 3.21. The summed E-state index contributed by atoms with van der Waals surface area (Å²) in [5, 5.41) is 15.4. The molecule has 8 nitrogen and oxygen atoms in total. The molecule has 2 saturated carbocycles. The van der Waals surface area contributed by atoms with Crippen molar-refractivity contribution < 1.29 is 23.5 Å². The van der Waals surface area contributed by atoms with E-state index in [1.165, 1.54) is 6.07 Å². The van der Waals surface area contributed by atoms with Crippen molar-refractivity contribution in [1.29, 1.82) is 5.26 Å². The highest BCUT2D eigenvalue weighted by molar-refractivity contribution is 5.99. The molecule has 3 fully saturated rings. The molecule has 6 rings (SSSR count). The summed E-state index contributed by atoms with van der Waals surface area (Å²) >= 11 is 0. The summed E-state index contributed by atoms with van der Waals surface area (Å²) in [4.78, 5) is 40.1. The molecule has 2 bridgehead atoms. The number of nitriles is 1. The molecule has 2 aliphatic carbocycles. The number of halogens is 1. The van der Waals surface area contributed by atoms with Gasteiger partial charge >= 0.3 is 6.09 Å². The minimum Gasteiger partial charge on any atom is -0.444 e. The standard InChI is InChI=1S/C31H33FN4O4/c1-15-25-22-12-24(26(15)25)36(30(39)40-31(2,3)4)27(22)29(38)35-20(13-33)10-18-6-5-17(11-23(18)32)16-7-8-21-19(9-16)14-34-28(21)37/h5-9,11,15,20,22,24-27H,10,12,14H2,1-4H3,(H,34,37)(H,35,38)/t15?,20-,22+,24-,25?,26?,27-/m0/s1. The van der Waals surface area contributed by atoms with E-state index in [0.29, 0.717) is 41.0 Å². The monoisotopic (exact) mass is 544 g/mol. The summed E-state index contributed by atoms with van der Waals surface area (Å²) in [6.45, 7) is 7.99. The van der Waals surface area contributed by atoms with Gasteiger partial charge in [-0.15, -0.1) is 0 Å². The van der Waals surface area contributed by atoms with Crippen LogP contribution in [0.25, 0.3) is 11.1 Å². The number of fused-ring (bicyclic) bond motifs is 6. The Kier molecular flexibility index (Phi) is 6.13. The second-order valence-corrected chi connectivity index (χ2v) is 12.6. The van der Waals surface area contributed by atoms with Gasteiger partial charge < -0.3 is 15.4 Å². The highest BCUT2D eigenvalue weighted by Crippen LogP contribution is 2.67. The lowest BCUT2D eigenvalue weighted by Crippen LogP contribution is -2.56. The van der Waals surface area contributed by atoms with Crippen LogP contribution < -0.4 is 10.6 Å². The van der Waals surface area contributed by atoms with Crippen molar-refractivity contribution >= 4 is 17.9 Å². The maximum Gasteiger partial charge on any atom is 0.411 e. The minimum atomic E-state index is -0.961. The Morgan fingerprint density at radius 2 is 1.93 bits per heavy atom. The first kappa shape index (κ1) is 26.3. The van der Waals surface area contributed by atoms with E-state index in [1.807, 2.05) is 6.07 Å². The van der Waals surface area contributed by atoms with Crippen LogP contribution in [-0.4, -0.2) is 46.5 Å². The van der Waals surface area contributed by atoms with Gasteiger partial charge in [0.15, 0.2) is 0 Å². The van der Waals surface area contributed by atoms with E-state index in [2.05, 4.69) is 23.6 Å². The average molecular weight is 545 g/mol. The molecule has 0 spiro atoms. The number of carbonyl (C=O) groups excluding carboxylic acids is 3. The number of nitrogens with one attached hydrogen (secondary N) is 2. The maximum atomic E-state index is 15.2. The quantitative estimate of drug-likeness (QED) is 0.587. The molecule has 2 heterocycles. The fraction of sp³-hybridized carbons (Fsp3) is 0.484. The van der Waals surface area contributed by atoms with Crippen LogP contribution in [0.15, 0.2) is 36.4 Å². The summed E-state index contributed by atoms with van der Waals surface area (Å²) in [6.07, 6.45) is 0.253. The second kappa shape index (κ2) is 9.33. The molecule has 3 unspecified atom stereocenters. The van der Waals surface area contributed by atoms with Gasteiger partial charge in [0.2, 0.25) is 5.91 Å². The smallest absolute Gasteiger partial charge is 0.411 e. The first-order chi connectivity index (χ1) is 19.0. The van der Waals surface area contributed by atoms with Crippen molar-refractivity contribution in [1.82, 2.24) is 15.5 Å². The summed E-state index contributed by atoms with van der Waals surface area (Å²) in [7, 11) is 0. The molecule has 2 aromatic rings. The lowest BCUT2D eigenvalue weighted by atomic mass is 9.94. The predicted molar refractivity (Wildman–Crippen MR) is 144 cm³/mol. The number of hydrogen-bond acceptors (Lipinski definition) is 5. The van der Waals surface area contributed by atoms with Gasteiger partial charge in [-0.2, -0.15) is 5.26 Å². The molecule has 7 atom stereocenters. The van der Waals surface area contributed by atoms with Gasteiger partial charge in [0.05, 0.1) is 6.07 Å². The van der Waals surface area contributed by atoms with Gasteiger partial charge in [-0.05, 0) is 91.3 Å². The summed E-state index contributed by atoms with van der Waals surface area (Å²) in [6, 6.07) is 10.6. The van der Waals surface area contributed by atoms with Crippen molar-refractivity contribution in [2.24, 2.45) is 23.7 Å². The van der Waals surface area contributed by atoms with Crippen molar-refractivity contribution in [2.75, 3.05) is 0 Å². The van der Waals surface area contributed by atoms with Crippen molar-refractivity contribution in [3.05, 3.63) is 58.9 Å². The number of nitrogens with zero attached hydrogens (tertiary/aromatic N) is 2. The van der Waals surface area contributed by atoms with Crippen LogP contribution in [0.3, 0.4) is 0 Å². The van der Waals surface area contributed by atoms with Gasteiger partial charge in [-0.25, -0.2) is 9.18 Å². The van der Waals surface area contributed by atoms with Gasteiger partial charge in [0, 0.05) is 24.6 Å². The molecular formula is C31H33FN4O4. The molecule has 3 amide bonds. The SMILES string of the molecule is CC1C2C1[C@@H]1C[C@H]2[C@@H](C(=O)N[C@H](C#N)Cc2ccc(-c3ccc4c(c3)CNC4=O)cc2F)N1C(=O)OC(C)(C)C. The molecule has 2 aliphatic heterocycles. The van der Waals surface area contributed by atoms with E-state index >= 15 is 4.39 Å². The Morgan fingerprint density at radius 1 is 1.20 bits per heavy atom. The first-order valence-electron chi connectivity index (χ1n) is 13.9. The molecule has 2 N–H and O–H groups in total. The summed E-state index contributed by atoms with van der Waals surface area (Å²) in [5.74, 6) is 0.298. The number of ether oxygens (including phenoxy) is 1. The van der Waals surface area contributed by atoms with Gasteiger partial charge in [0.1, 0.15) is 23.5 Å². The minimum absolute atomic E-state index is 0.00727. The number of benzene rings is 2. The zero-order valence-corrected chi connectivity index (χ0v) is 23.0. The van der Waals surface area contributed by atoms with Crippen LogP contribution in [-0.2, 0) is 22.5 Å². The Labute approximate surface area is 232 Å². The van der Waals surface area contributed by atoms with Crippen molar-refractivity contribution in [2.45, 2.75) is 70.8 Å². The fourth-order valence-electron chi connectivity index (χ4n) is 7.25. The molecule has 1 saturated heterocycles. The van der Waals surface area contributed by atoms with E-state index in [1.54, 1.807) is 49.9 Å². The fourth-order valence-corrected chi connectivity index (χ4v) is 7.25. The zero-order valence-electron chi connectivity index (χ0n) is 23.0. The van der Waals surface area contributed by atoms with Crippen LogP contribution in [0.2, 0.25) is 0 Å². The molecular weight excluding hydrogens is 511 g/mol. The largest absolute Gasteiger partial charge is 0.444 e. The number of hydrogen-bond donors (Lipinski definition) is 2. The Bertz CT molecular complexity index is 1460. The van der Waals surface area contributed by atoms with E-state index in [0.717, 1.165) is 17.5 Å². The second-order valence-electron chi connectivity index (χ2n) is 12.6. The molecule has 208 valence electrons. The van der Waals surface area contributed by atoms with E-state index in [-0.39, 0.29) is 30.2 Å². The van der Waals surface area contributed by atoms with E-state index in [9.17, 15) is 19.6 Å². The first-order valence-corrected chi connectivity index (χ1v) is 13.9. The van der Waals surface area contributed by atoms with E-state index in [4.69, 9.17) is 4.74 Å². The van der Waals surface area contributed by atoms with Crippen LogP contribution in [0.4, 0.5) is 9.18 Å². The summed E-state index contributed by atoms with van der Waals surface area (Å²) in [5.41, 5.74) is 2.55. The number of piperidine rings is 1. The predicted octanol–water partition coefficient (Wildman–Crippen LogP) is 4.18. The Hall–Kier alpha value is -3.93. The lowest BCUT2D eigenvalue weighted by Gasteiger charge is -2.35. The van der Waals surface area contributed by atoms with Crippen LogP contribution in [0, 0.1) is 40.8 Å². The number of carbonyl (C=O) groups is 3. The highest BCUT2D eigenvalue weighted by atomic mass is 19.1. The van der Waals surface area contributed by atoms with Gasteiger partial charge in [-0.3, -0.25) is 14.5 Å². The molecule has 40 heavy (non-hydrogen) atoms.